The van der Waals surface area contributed by atoms with E-state index in [0.717, 1.165) is 41.9 Å². The van der Waals surface area contributed by atoms with Gasteiger partial charge in [-0.3, -0.25) is 0 Å². The van der Waals surface area contributed by atoms with E-state index in [1.165, 1.54) is 19.3 Å². The average Bonchev–Trinajstić information content (AvgIpc) is 2.98. The first-order chi connectivity index (χ1) is 18.9. The zero-order valence-corrected chi connectivity index (χ0v) is 23.2. The highest BCUT2D eigenvalue weighted by atomic mass is 32.2. The summed E-state index contributed by atoms with van der Waals surface area (Å²) in [6.07, 6.45) is 3.06. The molecule has 0 aromatic heterocycles. The Kier molecular flexibility index (Phi) is 9.12. The lowest BCUT2D eigenvalue weighted by molar-refractivity contribution is -0.276. The van der Waals surface area contributed by atoms with Gasteiger partial charge in [-0.25, -0.2) is 13.1 Å². The molecule has 4 atom stereocenters. The molecule has 2 fully saturated rings. The van der Waals surface area contributed by atoms with Crippen LogP contribution in [0.25, 0.3) is 0 Å². The van der Waals surface area contributed by atoms with Gasteiger partial charge >= 0.3 is 0 Å². The van der Waals surface area contributed by atoms with Crippen molar-refractivity contribution in [1.82, 2.24) is 9.62 Å². The molecule has 5 rings (SSSR count). The molecule has 3 aromatic carbocycles. The van der Waals surface area contributed by atoms with Crippen molar-refractivity contribution < 1.29 is 23.0 Å². The second kappa shape index (κ2) is 12.7. The van der Waals surface area contributed by atoms with Crippen LogP contribution >= 0.6 is 0 Å². The van der Waals surface area contributed by atoms with E-state index in [1.807, 2.05) is 48.5 Å². The predicted molar refractivity (Wildman–Crippen MR) is 150 cm³/mol. The van der Waals surface area contributed by atoms with Gasteiger partial charge in [-0.05, 0) is 54.8 Å². The van der Waals surface area contributed by atoms with Crippen LogP contribution in [0.15, 0.2) is 83.8 Å². The lowest BCUT2D eigenvalue weighted by atomic mass is 9.89. The third-order valence-corrected chi connectivity index (χ3v) is 9.20. The monoisotopic (exact) mass is 550 g/mol. The van der Waals surface area contributed by atoms with Crippen LogP contribution in [-0.4, -0.2) is 44.2 Å². The Hall–Kier alpha value is -2.59. The van der Waals surface area contributed by atoms with Crippen molar-refractivity contribution in [1.29, 1.82) is 0 Å². The fourth-order valence-corrected chi connectivity index (χ4v) is 6.42. The van der Waals surface area contributed by atoms with Gasteiger partial charge in [-0.2, -0.15) is 0 Å². The van der Waals surface area contributed by atoms with E-state index in [-0.39, 0.29) is 36.2 Å². The quantitative estimate of drug-likeness (QED) is 0.393. The summed E-state index contributed by atoms with van der Waals surface area (Å²) in [7, 11) is -3.58. The molecule has 39 heavy (non-hydrogen) atoms. The number of ether oxygens (including phenoxy) is 2. The molecule has 208 valence electrons. The molecule has 2 aliphatic rings. The molecule has 2 N–H and O–H groups in total. The van der Waals surface area contributed by atoms with Gasteiger partial charge in [-0.15, -0.1) is 0 Å². The Bertz CT molecular complexity index is 1290. The van der Waals surface area contributed by atoms with Gasteiger partial charge < -0.3 is 19.5 Å². The average molecular weight is 551 g/mol. The molecule has 3 aromatic rings. The highest BCUT2D eigenvalue weighted by Gasteiger charge is 2.39. The largest absolute Gasteiger partial charge is 0.392 e. The summed E-state index contributed by atoms with van der Waals surface area (Å²) < 4.78 is 41.0. The molecule has 8 heteroatoms. The van der Waals surface area contributed by atoms with Crippen molar-refractivity contribution in [2.45, 2.75) is 62.7 Å². The van der Waals surface area contributed by atoms with Gasteiger partial charge in [0.2, 0.25) is 10.0 Å². The van der Waals surface area contributed by atoms with E-state index in [4.69, 9.17) is 9.47 Å². The van der Waals surface area contributed by atoms with Crippen LogP contribution < -0.4 is 4.72 Å². The fraction of sp³-hybridized carbons (Fsp3) is 0.419. The molecule has 2 saturated heterocycles. The number of hydrogen-bond donors (Lipinski definition) is 2. The summed E-state index contributed by atoms with van der Waals surface area (Å²) in [5.74, 6) is 0.148. The summed E-state index contributed by atoms with van der Waals surface area (Å²) >= 11 is 0. The zero-order chi connectivity index (χ0) is 27.2. The van der Waals surface area contributed by atoms with Gasteiger partial charge in [0.1, 0.15) is 0 Å². The normalized spacial score (nSPS) is 24.5. The lowest BCUT2D eigenvalue weighted by Crippen LogP contribution is -2.45. The summed E-state index contributed by atoms with van der Waals surface area (Å²) in [5.41, 5.74) is 3.70. The van der Waals surface area contributed by atoms with E-state index in [9.17, 15) is 13.5 Å². The Morgan fingerprint density at radius 3 is 2.15 bits per heavy atom. The molecule has 2 aliphatic heterocycles. The Labute approximate surface area is 231 Å². The van der Waals surface area contributed by atoms with Crippen molar-refractivity contribution in [3.05, 3.63) is 101 Å². The topological polar surface area (TPSA) is 88.1 Å². The van der Waals surface area contributed by atoms with Crippen molar-refractivity contribution in [3.63, 3.8) is 0 Å². The minimum Gasteiger partial charge on any atom is -0.392 e. The molecular weight excluding hydrogens is 512 g/mol. The standard InChI is InChI=1S/C31H38N2O5S/c1-23-29(21-33-18-6-3-7-19-33)37-31(38-30(23)26-14-12-25(22-34)13-15-26)27-16-10-24(11-17-27)20-32-39(35,36)28-8-4-2-5-9-28/h2,4-5,8-17,23,29-32,34H,3,6-7,18-22H2,1H3. The number of piperidine rings is 1. The molecule has 2 heterocycles. The van der Waals surface area contributed by atoms with Gasteiger partial charge in [0.15, 0.2) is 6.29 Å². The third kappa shape index (κ3) is 6.95. The zero-order valence-electron chi connectivity index (χ0n) is 22.4. The van der Waals surface area contributed by atoms with Crippen LogP contribution in [0.3, 0.4) is 0 Å². The number of benzene rings is 3. The number of nitrogens with zero attached hydrogens (tertiary/aromatic N) is 1. The van der Waals surface area contributed by atoms with Gasteiger partial charge in [-0.1, -0.05) is 80.1 Å². The predicted octanol–water partition coefficient (Wildman–Crippen LogP) is 4.93. The van der Waals surface area contributed by atoms with Gasteiger partial charge in [0.25, 0.3) is 0 Å². The molecule has 0 aliphatic carbocycles. The number of sulfonamides is 1. The van der Waals surface area contributed by atoms with Crippen molar-refractivity contribution >= 4 is 10.0 Å². The number of nitrogens with one attached hydrogen (secondary N) is 1. The fourth-order valence-electron chi connectivity index (χ4n) is 5.38. The molecule has 0 saturated carbocycles. The smallest absolute Gasteiger partial charge is 0.240 e. The maximum atomic E-state index is 12.6. The minimum atomic E-state index is -3.58. The van der Waals surface area contributed by atoms with E-state index < -0.39 is 16.3 Å². The number of likely N-dealkylation sites (tertiary alicyclic amines) is 1. The van der Waals surface area contributed by atoms with Crippen molar-refractivity contribution in [2.75, 3.05) is 19.6 Å². The SMILES string of the molecule is CC1C(CN2CCCCC2)OC(c2ccc(CNS(=O)(=O)c3ccccc3)cc2)OC1c1ccc(CO)cc1. The minimum absolute atomic E-state index is 0.00160. The van der Waals surface area contributed by atoms with Crippen LogP contribution in [0.2, 0.25) is 0 Å². The summed E-state index contributed by atoms with van der Waals surface area (Å²) in [5, 5.41) is 9.47. The first-order valence-corrected chi connectivity index (χ1v) is 15.3. The van der Waals surface area contributed by atoms with E-state index in [0.29, 0.717) is 0 Å². The van der Waals surface area contributed by atoms with Crippen LogP contribution in [0.1, 0.15) is 60.8 Å². The third-order valence-electron chi connectivity index (χ3n) is 7.78. The first-order valence-electron chi connectivity index (χ1n) is 13.8. The van der Waals surface area contributed by atoms with Crippen LogP contribution in [-0.2, 0) is 32.6 Å². The number of hydrogen-bond acceptors (Lipinski definition) is 6. The Balaban J connectivity index is 1.31. The molecular formula is C31H38N2O5S. The maximum Gasteiger partial charge on any atom is 0.240 e. The van der Waals surface area contributed by atoms with E-state index in [1.54, 1.807) is 30.3 Å². The van der Waals surface area contributed by atoms with Gasteiger partial charge in [0.05, 0.1) is 23.7 Å². The Morgan fingerprint density at radius 1 is 0.846 bits per heavy atom. The number of aliphatic hydroxyl groups excluding tert-OH is 1. The molecule has 0 bridgehead atoms. The highest BCUT2D eigenvalue weighted by molar-refractivity contribution is 7.89. The Morgan fingerprint density at radius 2 is 1.49 bits per heavy atom. The molecule has 4 unspecified atom stereocenters. The lowest BCUT2D eigenvalue weighted by Gasteiger charge is -2.43. The molecule has 0 spiro atoms. The van der Waals surface area contributed by atoms with Gasteiger partial charge in [0, 0.05) is 24.6 Å². The highest BCUT2D eigenvalue weighted by Crippen LogP contribution is 2.42. The number of rotatable bonds is 9. The second-order valence-electron chi connectivity index (χ2n) is 10.6. The summed E-state index contributed by atoms with van der Waals surface area (Å²) in [4.78, 5) is 2.75. The van der Waals surface area contributed by atoms with E-state index in [2.05, 4.69) is 16.5 Å². The summed E-state index contributed by atoms with van der Waals surface area (Å²) in [6, 6.07) is 24.1. The van der Waals surface area contributed by atoms with Crippen LogP contribution in [0, 0.1) is 5.92 Å². The van der Waals surface area contributed by atoms with Crippen molar-refractivity contribution in [2.24, 2.45) is 5.92 Å². The second-order valence-corrected chi connectivity index (χ2v) is 12.3. The van der Waals surface area contributed by atoms with Crippen LogP contribution in [0.5, 0.6) is 0 Å². The van der Waals surface area contributed by atoms with E-state index >= 15 is 0 Å². The maximum absolute atomic E-state index is 12.6. The van der Waals surface area contributed by atoms with Crippen molar-refractivity contribution in [3.8, 4) is 0 Å². The van der Waals surface area contributed by atoms with Crippen LogP contribution in [0.4, 0.5) is 0 Å². The summed E-state index contributed by atoms with van der Waals surface area (Å²) in [6.45, 7) is 5.46. The first kappa shape index (κ1) is 28.0. The molecule has 0 amide bonds. The number of aliphatic hydroxyl groups is 1. The molecule has 0 radical (unpaired) electrons. The molecule has 7 nitrogen and oxygen atoms in total.